The van der Waals surface area contributed by atoms with Gasteiger partial charge in [0.15, 0.2) is 0 Å². The standard InChI is InChI=1S/C27H30O2/c1-2-12-26(24-17-11-18-25(21-24)29-20-10-9-19-28)27(22-13-5-3-6-14-22)23-15-7-4-8-16-23/h3-8,11,13-18,21,28H,2,9-10,12,19-20H2,1H3. The van der Waals surface area contributed by atoms with E-state index in [4.69, 9.17) is 9.84 Å². The lowest BCUT2D eigenvalue weighted by Crippen LogP contribution is -2.00. The van der Waals surface area contributed by atoms with Gasteiger partial charge in [0.05, 0.1) is 6.61 Å². The van der Waals surface area contributed by atoms with Crippen LogP contribution in [0.2, 0.25) is 0 Å². The minimum absolute atomic E-state index is 0.213. The van der Waals surface area contributed by atoms with Crippen LogP contribution in [0.5, 0.6) is 5.75 Å². The summed E-state index contributed by atoms with van der Waals surface area (Å²) in [6, 6.07) is 29.7. The van der Waals surface area contributed by atoms with Crippen molar-refractivity contribution >= 4 is 11.1 Å². The predicted molar refractivity (Wildman–Crippen MR) is 122 cm³/mol. The van der Waals surface area contributed by atoms with E-state index in [2.05, 4.69) is 85.8 Å². The van der Waals surface area contributed by atoms with Crippen molar-refractivity contribution in [1.29, 1.82) is 0 Å². The minimum atomic E-state index is 0.213. The first-order valence-electron chi connectivity index (χ1n) is 10.5. The van der Waals surface area contributed by atoms with Crippen molar-refractivity contribution < 1.29 is 9.84 Å². The number of hydrogen-bond donors (Lipinski definition) is 1. The highest BCUT2D eigenvalue weighted by Crippen LogP contribution is 2.36. The van der Waals surface area contributed by atoms with Crippen molar-refractivity contribution in [3.8, 4) is 5.75 Å². The van der Waals surface area contributed by atoms with Gasteiger partial charge in [0.2, 0.25) is 0 Å². The molecule has 0 aliphatic rings. The average Bonchev–Trinajstić information content (AvgIpc) is 2.78. The van der Waals surface area contributed by atoms with E-state index in [-0.39, 0.29) is 6.61 Å². The monoisotopic (exact) mass is 386 g/mol. The fourth-order valence-electron chi connectivity index (χ4n) is 3.57. The molecule has 0 amide bonds. The van der Waals surface area contributed by atoms with Gasteiger partial charge >= 0.3 is 0 Å². The normalized spacial score (nSPS) is 10.6. The van der Waals surface area contributed by atoms with Crippen LogP contribution >= 0.6 is 0 Å². The third kappa shape index (κ3) is 5.82. The van der Waals surface area contributed by atoms with Crippen molar-refractivity contribution in [2.45, 2.75) is 32.6 Å². The first-order valence-corrected chi connectivity index (χ1v) is 10.5. The quantitative estimate of drug-likeness (QED) is 0.314. The summed E-state index contributed by atoms with van der Waals surface area (Å²) in [5.74, 6) is 0.884. The Labute approximate surface area is 174 Å². The van der Waals surface area contributed by atoms with Crippen LogP contribution in [-0.2, 0) is 0 Å². The van der Waals surface area contributed by atoms with E-state index in [1.54, 1.807) is 0 Å². The zero-order valence-electron chi connectivity index (χ0n) is 17.2. The second kappa shape index (κ2) is 11.2. The van der Waals surface area contributed by atoms with E-state index >= 15 is 0 Å². The molecule has 0 aliphatic carbocycles. The van der Waals surface area contributed by atoms with Crippen LogP contribution in [0.4, 0.5) is 0 Å². The molecule has 0 radical (unpaired) electrons. The number of aliphatic hydroxyl groups excluding tert-OH is 1. The highest BCUT2D eigenvalue weighted by molar-refractivity contribution is 5.98. The van der Waals surface area contributed by atoms with Gasteiger partial charge < -0.3 is 9.84 Å². The summed E-state index contributed by atoms with van der Waals surface area (Å²) in [6.07, 6.45) is 3.69. The Bertz CT molecular complexity index is 857. The summed E-state index contributed by atoms with van der Waals surface area (Å²) in [6.45, 7) is 3.06. The van der Waals surface area contributed by atoms with E-state index in [0.29, 0.717) is 6.61 Å². The molecule has 0 fully saturated rings. The maximum Gasteiger partial charge on any atom is 0.119 e. The molecule has 0 unspecified atom stereocenters. The molecule has 0 saturated heterocycles. The summed E-state index contributed by atoms with van der Waals surface area (Å²) in [7, 11) is 0. The van der Waals surface area contributed by atoms with Crippen LogP contribution < -0.4 is 4.74 Å². The molecule has 29 heavy (non-hydrogen) atoms. The highest BCUT2D eigenvalue weighted by atomic mass is 16.5. The Morgan fingerprint density at radius 1 is 0.759 bits per heavy atom. The van der Waals surface area contributed by atoms with Crippen molar-refractivity contribution in [2.24, 2.45) is 0 Å². The van der Waals surface area contributed by atoms with Crippen LogP contribution in [0.1, 0.15) is 49.3 Å². The fourth-order valence-corrected chi connectivity index (χ4v) is 3.57. The average molecular weight is 387 g/mol. The summed E-state index contributed by atoms with van der Waals surface area (Å²) in [5, 5.41) is 8.96. The van der Waals surface area contributed by atoms with E-state index < -0.39 is 0 Å². The van der Waals surface area contributed by atoms with Gasteiger partial charge in [0, 0.05) is 6.61 Å². The summed E-state index contributed by atoms with van der Waals surface area (Å²) < 4.78 is 5.93. The molecule has 0 atom stereocenters. The fraction of sp³-hybridized carbons (Fsp3) is 0.259. The smallest absolute Gasteiger partial charge is 0.119 e. The molecule has 3 aromatic rings. The van der Waals surface area contributed by atoms with Crippen LogP contribution in [0.3, 0.4) is 0 Å². The van der Waals surface area contributed by atoms with Crippen LogP contribution in [0.25, 0.3) is 11.1 Å². The van der Waals surface area contributed by atoms with Gasteiger partial charge in [0.25, 0.3) is 0 Å². The molecule has 2 nitrogen and oxygen atoms in total. The first-order chi connectivity index (χ1) is 14.3. The Kier molecular flexibility index (Phi) is 8.09. The largest absolute Gasteiger partial charge is 0.494 e. The molecule has 1 N–H and O–H groups in total. The maximum atomic E-state index is 8.96. The molecule has 2 heteroatoms. The molecule has 0 aromatic heterocycles. The Morgan fingerprint density at radius 3 is 1.97 bits per heavy atom. The van der Waals surface area contributed by atoms with Gasteiger partial charge in [-0.05, 0) is 59.2 Å². The first kappa shape index (κ1) is 20.9. The molecule has 0 saturated carbocycles. The van der Waals surface area contributed by atoms with Gasteiger partial charge in [0.1, 0.15) is 5.75 Å². The van der Waals surface area contributed by atoms with Crippen molar-refractivity contribution in [3.05, 3.63) is 102 Å². The van der Waals surface area contributed by atoms with Crippen molar-refractivity contribution in [3.63, 3.8) is 0 Å². The van der Waals surface area contributed by atoms with E-state index in [9.17, 15) is 0 Å². The zero-order chi connectivity index (χ0) is 20.3. The maximum absolute atomic E-state index is 8.96. The number of hydrogen-bond acceptors (Lipinski definition) is 2. The topological polar surface area (TPSA) is 29.5 Å². The Balaban J connectivity index is 2.06. The number of unbranched alkanes of at least 4 members (excludes halogenated alkanes) is 1. The van der Waals surface area contributed by atoms with Crippen molar-refractivity contribution in [2.75, 3.05) is 13.2 Å². The van der Waals surface area contributed by atoms with E-state index in [1.165, 1.54) is 27.8 Å². The Morgan fingerprint density at radius 2 is 1.38 bits per heavy atom. The van der Waals surface area contributed by atoms with Gasteiger partial charge in [-0.3, -0.25) is 0 Å². The third-order valence-electron chi connectivity index (χ3n) is 4.93. The Hall–Kier alpha value is -2.84. The molecular formula is C27H30O2. The van der Waals surface area contributed by atoms with Crippen LogP contribution in [0.15, 0.2) is 84.9 Å². The SMILES string of the molecule is CCCC(=C(c1ccccc1)c1ccccc1)c1cccc(OCCCCO)c1. The zero-order valence-corrected chi connectivity index (χ0v) is 17.2. The van der Waals surface area contributed by atoms with Crippen molar-refractivity contribution in [1.82, 2.24) is 0 Å². The molecular weight excluding hydrogens is 356 g/mol. The minimum Gasteiger partial charge on any atom is -0.494 e. The molecule has 150 valence electrons. The van der Waals surface area contributed by atoms with Gasteiger partial charge in [-0.1, -0.05) is 86.1 Å². The van der Waals surface area contributed by atoms with Gasteiger partial charge in [-0.25, -0.2) is 0 Å². The van der Waals surface area contributed by atoms with Crippen LogP contribution in [0, 0.1) is 0 Å². The lowest BCUT2D eigenvalue weighted by Gasteiger charge is -2.18. The molecule has 3 rings (SSSR count). The molecule has 0 aliphatic heterocycles. The predicted octanol–water partition coefficient (Wildman–Crippen LogP) is 6.60. The number of aliphatic hydroxyl groups is 1. The van der Waals surface area contributed by atoms with Gasteiger partial charge in [-0.2, -0.15) is 0 Å². The molecule has 0 heterocycles. The number of benzene rings is 3. The number of rotatable bonds is 10. The second-order valence-corrected chi connectivity index (χ2v) is 7.14. The lowest BCUT2D eigenvalue weighted by molar-refractivity contribution is 0.253. The summed E-state index contributed by atoms with van der Waals surface area (Å²) in [5.41, 5.74) is 6.29. The molecule has 0 spiro atoms. The second-order valence-electron chi connectivity index (χ2n) is 7.14. The molecule has 0 bridgehead atoms. The van der Waals surface area contributed by atoms with E-state index in [0.717, 1.165) is 31.4 Å². The summed E-state index contributed by atoms with van der Waals surface area (Å²) in [4.78, 5) is 0. The van der Waals surface area contributed by atoms with E-state index in [1.807, 2.05) is 6.07 Å². The number of allylic oxidation sites excluding steroid dienone is 1. The third-order valence-corrected chi connectivity index (χ3v) is 4.93. The highest BCUT2D eigenvalue weighted by Gasteiger charge is 2.14. The van der Waals surface area contributed by atoms with Gasteiger partial charge in [-0.15, -0.1) is 0 Å². The summed E-state index contributed by atoms with van der Waals surface area (Å²) >= 11 is 0. The lowest BCUT2D eigenvalue weighted by atomic mass is 9.87. The number of ether oxygens (including phenoxy) is 1. The molecule has 3 aromatic carbocycles. The van der Waals surface area contributed by atoms with Crippen LogP contribution in [-0.4, -0.2) is 18.3 Å².